The van der Waals surface area contributed by atoms with Crippen LogP contribution in [0, 0.1) is 0 Å². The van der Waals surface area contributed by atoms with E-state index in [4.69, 9.17) is 23.4 Å². The van der Waals surface area contributed by atoms with Crippen molar-refractivity contribution < 1.29 is 38.1 Å². The van der Waals surface area contributed by atoms with Gasteiger partial charge in [-0.15, -0.1) is 0 Å². The number of aliphatic hydroxyl groups is 1. The highest BCUT2D eigenvalue weighted by Crippen LogP contribution is 2.39. The molecule has 0 aromatic carbocycles. The van der Waals surface area contributed by atoms with E-state index in [1.165, 1.54) is 6.92 Å². The summed E-state index contributed by atoms with van der Waals surface area (Å²) in [4.78, 5) is 24.5. The summed E-state index contributed by atoms with van der Waals surface area (Å²) in [6.45, 7) is 20.1. The maximum atomic E-state index is 12.5. The lowest BCUT2D eigenvalue weighted by Crippen LogP contribution is -2.61. The predicted molar refractivity (Wildman–Crippen MR) is 123 cm³/mol. The summed E-state index contributed by atoms with van der Waals surface area (Å²) in [6.07, 6.45) is -3.15. The van der Waals surface area contributed by atoms with E-state index >= 15 is 0 Å². The third kappa shape index (κ3) is 8.62. The highest BCUT2D eigenvalue weighted by Gasteiger charge is 2.49. The third-order valence-corrected chi connectivity index (χ3v) is 10.0. The van der Waals surface area contributed by atoms with Crippen LogP contribution in [0.2, 0.25) is 18.1 Å². The Morgan fingerprint density at radius 1 is 1.19 bits per heavy atom. The van der Waals surface area contributed by atoms with E-state index in [0.717, 1.165) is 0 Å². The molecule has 0 radical (unpaired) electrons. The smallest absolute Gasteiger partial charge is 0.408 e. The van der Waals surface area contributed by atoms with Crippen molar-refractivity contribution >= 4 is 20.4 Å². The number of aliphatic hydroxyl groups excluding tert-OH is 1. The molecule has 1 amide bonds. The molecule has 4 atom stereocenters. The van der Waals surface area contributed by atoms with Crippen molar-refractivity contribution in [1.29, 1.82) is 0 Å². The van der Waals surface area contributed by atoms with Gasteiger partial charge in [0.1, 0.15) is 17.8 Å². The second-order valence-electron chi connectivity index (χ2n) is 11.2. The Kier molecular flexibility index (Phi) is 9.35. The van der Waals surface area contributed by atoms with Crippen LogP contribution in [0.4, 0.5) is 4.79 Å². The van der Waals surface area contributed by atoms with E-state index in [1.54, 1.807) is 34.6 Å². The molecule has 2 N–H and O–H groups in total. The lowest BCUT2D eigenvalue weighted by atomic mass is 10.0. The predicted octanol–water partition coefficient (Wildman–Crippen LogP) is 3.35. The van der Waals surface area contributed by atoms with Gasteiger partial charge in [-0.1, -0.05) is 20.8 Å². The highest BCUT2D eigenvalue weighted by molar-refractivity contribution is 6.74. The molecule has 1 rings (SSSR count). The molecule has 0 aromatic heterocycles. The quantitative estimate of drug-likeness (QED) is 0.404. The third-order valence-electron chi connectivity index (χ3n) is 5.55. The summed E-state index contributed by atoms with van der Waals surface area (Å²) in [5.74, 6) is -1.39. The fraction of sp³-hybridized carbons (Fsp3) is 0.909. The molecule has 0 bridgehead atoms. The van der Waals surface area contributed by atoms with Crippen LogP contribution in [-0.4, -0.2) is 74.4 Å². The van der Waals surface area contributed by atoms with Gasteiger partial charge in [-0.3, -0.25) is 4.79 Å². The highest BCUT2D eigenvalue weighted by atomic mass is 28.4. The van der Waals surface area contributed by atoms with Gasteiger partial charge in [-0.25, -0.2) is 4.79 Å². The van der Waals surface area contributed by atoms with Gasteiger partial charge < -0.3 is 33.8 Å². The van der Waals surface area contributed by atoms with Crippen molar-refractivity contribution in [3.8, 4) is 0 Å². The lowest BCUT2D eigenvalue weighted by molar-refractivity contribution is -0.181. The molecule has 0 saturated carbocycles. The summed E-state index contributed by atoms with van der Waals surface area (Å²) in [6, 6.07) is -0.907. The van der Waals surface area contributed by atoms with Crippen LogP contribution in [0.3, 0.4) is 0 Å². The second kappa shape index (κ2) is 10.4. The van der Waals surface area contributed by atoms with Crippen LogP contribution in [0.15, 0.2) is 0 Å². The average Bonchev–Trinajstić information content (AvgIpc) is 2.92. The molecule has 32 heavy (non-hydrogen) atoms. The first-order valence-electron chi connectivity index (χ1n) is 11.1. The maximum Gasteiger partial charge on any atom is 0.408 e. The van der Waals surface area contributed by atoms with Crippen molar-refractivity contribution in [2.24, 2.45) is 0 Å². The van der Waals surface area contributed by atoms with Crippen molar-refractivity contribution in [1.82, 2.24) is 5.32 Å². The molecule has 1 saturated heterocycles. The Morgan fingerprint density at radius 3 is 2.12 bits per heavy atom. The van der Waals surface area contributed by atoms with Crippen LogP contribution in [0.1, 0.15) is 62.3 Å². The molecule has 188 valence electrons. The Balaban J connectivity index is 3.36. The minimum absolute atomic E-state index is 0.174. The number of hydrogen-bond acceptors (Lipinski definition) is 8. The number of esters is 1. The number of rotatable bonds is 8. The molecule has 0 unspecified atom stereocenters. The molecular formula is C22H43NO8Si. The first-order chi connectivity index (χ1) is 14.3. The van der Waals surface area contributed by atoms with E-state index in [0.29, 0.717) is 0 Å². The van der Waals surface area contributed by atoms with E-state index in [9.17, 15) is 14.7 Å². The van der Waals surface area contributed by atoms with Crippen LogP contribution in [0.5, 0.6) is 0 Å². The Hall–Kier alpha value is -1.20. The van der Waals surface area contributed by atoms with Crippen LogP contribution < -0.4 is 5.32 Å². The minimum Gasteiger partial charge on any atom is -0.457 e. The number of amides is 1. The molecule has 0 spiro atoms. The SMILES string of the molecule is CC(=O)O[C@@H]([C@@H](O[Si](C)(C)C(C)(C)C)[C@H](CO)NC(=O)OC(C)(C)C)[C@@H]1COC(C)(C)O1. The average molecular weight is 478 g/mol. The van der Waals surface area contributed by atoms with Gasteiger partial charge in [-0.05, 0) is 52.8 Å². The lowest BCUT2D eigenvalue weighted by Gasteiger charge is -2.44. The Bertz CT molecular complexity index is 653. The van der Waals surface area contributed by atoms with Crippen molar-refractivity contribution in [2.45, 2.75) is 116 Å². The van der Waals surface area contributed by atoms with Gasteiger partial charge in [0.25, 0.3) is 0 Å². The van der Waals surface area contributed by atoms with Gasteiger partial charge in [0.15, 0.2) is 20.2 Å². The summed E-state index contributed by atoms with van der Waals surface area (Å²) in [5, 5.41) is 12.7. The topological polar surface area (TPSA) is 113 Å². The molecule has 10 heteroatoms. The largest absolute Gasteiger partial charge is 0.457 e. The number of carbonyl (C=O) groups excluding carboxylic acids is 2. The molecule has 0 aliphatic carbocycles. The van der Waals surface area contributed by atoms with Crippen LogP contribution in [0.25, 0.3) is 0 Å². The Labute approximate surface area is 193 Å². The van der Waals surface area contributed by atoms with E-state index < -0.39 is 62.7 Å². The molecule has 9 nitrogen and oxygen atoms in total. The van der Waals surface area contributed by atoms with E-state index in [2.05, 4.69) is 26.1 Å². The number of alkyl carbamates (subject to hydrolysis) is 1. The van der Waals surface area contributed by atoms with Gasteiger partial charge in [0.05, 0.1) is 19.3 Å². The number of ether oxygens (including phenoxy) is 4. The summed E-state index contributed by atoms with van der Waals surface area (Å²) in [7, 11) is -2.44. The minimum atomic E-state index is -2.44. The molecule has 1 aliphatic rings. The van der Waals surface area contributed by atoms with Crippen molar-refractivity contribution in [3.05, 3.63) is 0 Å². The van der Waals surface area contributed by atoms with E-state index in [-0.39, 0.29) is 11.6 Å². The van der Waals surface area contributed by atoms with Crippen LogP contribution >= 0.6 is 0 Å². The van der Waals surface area contributed by atoms with Gasteiger partial charge in [0, 0.05) is 6.92 Å². The monoisotopic (exact) mass is 477 g/mol. The number of hydrogen-bond donors (Lipinski definition) is 2. The Morgan fingerprint density at radius 2 is 1.75 bits per heavy atom. The molecule has 1 aliphatic heterocycles. The van der Waals surface area contributed by atoms with Crippen LogP contribution in [-0.2, 0) is 28.2 Å². The van der Waals surface area contributed by atoms with Crippen molar-refractivity contribution in [2.75, 3.05) is 13.2 Å². The fourth-order valence-corrected chi connectivity index (χ4v) is 4.34. The molecule has 1 fully saturated rings. The second-order valence-corrected chi connectivity index (χ2v) is 16.0. The summed E-state index contributed by atoms with van der Waals surface area (Å²) < 4.78 is 29.3. The first kappa shape index (κ1) is 28.8. The number of carbonyl (C=O) groups is 2. The zero-order valence-corrected chi connectivity index (χ0v) is 22.5. The first-order valence-corrected chi connectivity index (χ1v) is 14.0. The maximum absolute atomic E-state index is 12.5. The zero-order chi connectivity index (χ0) is 25.1. The normalized spacial score (nSPS) is 22.1. The van der Waals surface area contributed by atoms with Gasteiger partial charge in [0.2, 0.25) is 0 Å². The summed E-state index contributed by atoms with van der Waals surface area (Å²) >= 11 is 0. The van der Waals surface area contributed by atoms with Crippen molar-refractivity contribution in [3.63, 3.8) is 0 Å². The number of nitrogens with one attached hydrogen (secondary N) is 1. The molecule has 1 heterocycles. The fourth-order valence-electron chi connectivity index (χ4n) is 3.01. The zero-order valence-electron chi connectivity index (χ0n) is 21.5. The van der Waals surface area contributed by atoms with Gasteiger partial charge in [-0.2, -0.15) is 0 Å². The molecule has 0 aromatic rings. The van der Waals surface area contributed by atoms with E-state index in [1.807, 2.05) is 13.1 Å². The molecular weight excluding hydrogens is 434 g/mol. The summed E-state index contributed by atoms with van der Waals surface area (Å²) in [5.41, 5.74) is -0.721. The standard InChI is InChI=1S/C22H43NO8Si/c1-14(25)28-18(16-13-27-22(8,9)29-16)17(31-32(10,11)21(5,6)7)15(12-24)23-19(26)30-20(2,3)4/h15-18,24H,12-13H2,1-11H3,(H,23,26)/t15-,16-,17-,18+/m0/s1. The van der Waals surface area contributed by atoms with Gasteiger partial charge >= 0.3 is 12.1 Å².